The second-order valence-corrected chi connectivity index (χ2v) is 7.86. The van der Waals surface area contributed by atoms with E-state index in [1.165, 1.54) is 6.26 Å². The Morgan fingerprint density at radius 2 is 1.77 bits per heavy atom. The van der Waals surface area contributed by atoms with Gasteiger partial charge in [-0.25, -0.2) is 8.42 Å². The maximum Gasteiger partial charge on any atom is 0.191 e. The van der Waals surface area contributed by atoms with Gasteiger partial charge in [0, 0.05) is 25.9 Å². The van der Waals surface area contributed by atoms with E-state index in [1.54, 1.807) is 19.2 Å². The second-order valence-electron chi connectivity index (χ2n) is 5.84. The van der Waals surface area contributed by atoms with E-state index >= 15 is 0 Å². The number of nitrogens with zero attached hydrogens (tertiary/aromatic N) is 1. The Kier molecular flexibility index (Phi) is 6.87. The van der Waals surface area contributed by atoms with Crippen LogP contribution >= 0.6 is 0 Å². The molecule has 0 radical (unpaired) electrons. The van der Waals surface area contributed by atoms with E-state index in [1.807, 2.05) is 12.1 Å². The average molecular weight is 325 g/mol. The van der Waals surface area contributed by atoms with Crippen molar-refractivity contribution in [3.05, 3.63) is 29.8 Å². The largest absolute Gasteiger partial charge is 0.356 e. The van der Waals surface area contributed by atoms with Crippen LogP contribution in [-0.2, 0) is 16.3 Å². The number of sulfone groups is 1. The van der Waals surface area contributed by atoms with E-state index in [0.29, 0.717) is 16.9 Å². The Morgan fingerprint density at radius 1 is 1.18 bits per heavy atom. The van der Waals surface area contributed by atoms with Gasteiger partial charge in [0.15, 0.2) is 15.8 Å². The molecule has 0 aliphatic rings. The molecule has 124 valence electrons. The number of hydrogen-bond donors (Lipinski definition) is 2. The highest BCUT2D eigenvalue weighted by molar-refractivity contribution is 7.90. The molecule has 1 rings (SSSR count). The van der Waals surface area contributed by atoms with Gasteiger partial charge < -0.3 is 10.6 Å². The summed E-state index contributed by atoms with van der Waals surface area (Å²) in [5.41, 5.74) is 1.09. The summed E-state index contributed by atoms with van der Waals surface area (Å²) in [6.07, 6.45) is 2.02. The zero-order valence-corrected chi connectivity index (χ0v) is 14.9. The van der Waals surface area contributed by atoms with Gasteiger partial charge in [0.2, 0.25) is 0 Å². The van der Waals surface area contributed by atoms with Gasteiger partial charge in [-0.15, -0.1) is 0 Å². The van der Waals surface area contributed by atoms with Crippen LogP contribution in [0.25, 0.3) is 0 Å². The van der Waals surface area contributed by atoms with E-state index in [2.05, 4.69) is 36.4 Å². The Labute approximate surface area is 134 Å². The van der Waals surface area contributed by atoms with Gasteiger partial charge in [-0.3, -0.25) is 4.99 Å². The van der Waals surface area contributed by atoms with Gasteiger partial charge in [0.05, 0.1) is 4.90 Å². The fourth-order valence-corrected chi connectivity index (χ4v) is 2.44. The molecule has 0 spiro atoms. The average Bonchev–Trinajstić information content (AvgIpc) is 2.45. The predicted molar refractivity (Wildman–Crippen MR) is 92.1 cm³/mol. The normalized spacial score (nSPS) is 14.0. The molecule has 0 aromatic heterocycles. The van der Waals surface area contributed by atoms with Crippen LogP contribution in [0.4, 0.5) is 0 Å². The van der Waals surface area contributed by atoms with Crippen LogP contribution in [0.15, 0.2) is 34.2 Å². The molecule has 5 nitrogen and oxygen atoms in total. The van der Waals surface area contributed by atoms with Crippen molar-refractivity contribution in [3.8, 4) is 0 Å². The summed E-state index contributed by atoms with van der Waals surface area (Å²) >= 11 is 0. The summed E-state index contributed by atoms with van der Waals surface area (Å²) < 4.78 is 22.8. The SMILES string of the molecule is CN=C(NCCc1ccc(S(C)(=O)=O)cc1)NC(C)C(C)C. The summed E-state index contributed by atoms with van der Waals surface area (Å²) in [4.78, 5) is 4.56. The summed E-state index contributed by atoms with van der Waals surface area (Å²) in [5.74, 6) is 1.32. The number of benzene rings is 1. The van der Waals surface area contributed by atoms with Gasteiger partial charge in [0.1, 0.15) is 0 Å². The van der Waals surface area contributed by atoms with Crippen molar-refractivity contribution >= 4 is 15.8 Å². The van der Waals surface area contributed by atoms with E-state index in [-0.39, 0.29) is 0 Å². The first kappa shape index (κ1) is 18.5. The minimum atomic E-state index is -3.12. The van der Waals surface area contributed by atoms with Crippen molar-refractivity contribution in [1.82, 2.24) is 10.6 Å². The number of nitrogens with one attached hydrogen (secondary N) is 2. The molecular formula is C16H27N3O2S. The van der Waals surface area contributed by atoms with Crippen molar-refractivity contribution in [1.29, 1.82) is 0 Å². The van der Waals surface area contributed by atoms with Crippen LogP contribution in [0.2, 0.25) is 0 Å². The molecule has 1 aromatic carbocycles. The first-order valence-electron chi connectivity index (χ1n) is 7.50. The van der Waals surface area contributed by atoms with Gasteiger partial charge in [-0.2, -0.15) is 0 Å². The molecule has 0 aliphatic carbocycles. The molecule has 22 heavy (non-hydrogen) atoms. The quantitative estimate of drug-likeness (QED) is 0.618. The van der Waals surface area contributed by atoms with Gasteiger partial charge >= 0.3 is 0 Å². The van der Waals surface area contributed by atoms with Crippen molar-refractivity contribution in [3.63, 3.8) is 0 Å². The highest BCUT2D eigenvalue weighted by Gasteiger charge is 2.09. The van der Waals surface area contributed by atoms with Crippen molar-refractivity contribution in [2.75, 3.05) is 19.8 Å². The Hall–Kier alpha value is -1.56. The monoisotopic (exact) mass is 325 g/mol. The molecule has 2 N–H and O–H groups in total. The molecule has 1 aromatic rings. The first-order chi connectivity index (χ1) is 10.2. The molecule has 0 amide bonds. The lowest BCUT2D eigenvalue weighted by atomic mass is 10.1. The van der Waals surface area contributed by atoms with Gasteiger partial charge in [-0.1, -0.05) is 26.0 Å². The summed E-state index contributed by atoms with van der Waals surface area (Å²) in [7, 11) is -1.37. The summed E-state index contributed by atoms with van der Waals surface area (Å²) in [6.45, 7) is 7.19. The lowest BCUT2D eigenvalue weighted by Crippen LogP contribution is -2.44. The number of guanidine groups is 1. The predicted octanol–water partition coefficient (Wildman–Crippen LogP) is 1.84. The third kappa shape index (κ3) is 6.05. The minimum absolute atomic E-state index is 0.347. The van der Waals surface area contributed by atoms with Crippen molar-refractivity contribution < 1.29 is 8.42 Å². The molecule has 0 aliphatic heterocycles. The number of aliphatic imine (C=N–C) groups is 1. The van der Waals surface area contributed by atoms with Crippen molar-refractivity contribution in [2.45, 2.75) is 38.1 Å². The summed E-state index contributed by atoms with van der Waals surface area (Å²) in [5, 5.41) is 6.61. The molecule has 0 bridgehead atoms. The highest BCUT2D eigenvalue weighted by atomic mass is 32.2. The maximum absolute atomic E-state index is 11.4. The Balaban J connectivity index is 2.49. The van der Waals surface area contributed by atoms with E-state index < -0.39 is 9.84 Å². The van der Waals surface area contributed by atoms with E-state index in [9.17, 15) is 8.42 Å². The standard InChI is InChI=1S/C16H27N3O2S/c1-12(2)13(3)19-16(17-4)18-11-10-14-6-8-15(9-7-14)22(5,20)21/h6-9,12-13H,10-11H2,1-5H3,(H2,17,18,19). The fourth-order valence-electron chi connectivity index (χ4n) is 1.81. The lowest BCUT2D eigenvalue weighted by molar-refractivity contribution is 0.481. The molecule has 6 heteroatoms. The van der Waals surface area contributed by atoms with Gasteiger partial charge in [0.25, 0.3) is 0 Å². The lowest BCUT2D eigenvalue weighted by Gasteiger charge is -2.20. The van der Waals surface area contributed by atoms with Crippen LogP contribution in [0.5, 0.6) is 0 Å². The van der Waals surface area contributed by atoms with E-state index in [4.69, 9.17) is 0 Å². The molecule has 0 heterocycles. The number of rotatable bonds is 6. The Bertz CT molecular complexity index is 592. The highest BCUT2D eigenvalue weighted by Crippen LogP contribution is 2.10. The van der Waals surface area contributed by atoms with Gasteiger partial charge in [-0.05, 0) is 37.0 Å². The summed E-state index contributed by atoms with van der Waals surface area (Å²) in [6, 6.07) is 7.35. The van der Waals surface area contributed by atoms with Crippen molar-refractivity contribution in [2.24, 2.45) is 10.9 Å². The zero-order valence-electron chi connectivity index (χ0n) is 14.1. The number of hydrogen-bond acceptors (Lipinski definition) is 3. The van der Waals surface area contributed by atoms with Crippen LogP contribution in [-0.4, -0.2) is 40.3 Å². The fraction of sp³-hybridized carbons (Fsp3) is 0.562. The zero-order chi connectivity index (χ0) is 16.8. The topological polar surface area (TPSA) is 70.6 Å². The third-order valence-electron chi connectivity index (χ3n) is 3.65. The molecular weight excluding hydrogens is 298 g/mol. The maximum atomic E-state index is 11.4. The molecule has 0 saturated carbocycles. The first-order valence-corrected chi connectivity index (χ1v) is 9.39. The van der Waals surface area contributed by atoms with Crippen LogP contribution < -0.4 is 10.6 Å². The molecule has 0 fully saturated rings. The van der Waals surface area contributed by atoms with Crippen LogP contribution in [0.1, 0.15) is 26.3 Å². The molecule has 1 unspecified atom stereocenters. The molecule has 0 saturated heterocycles. The Morgan fingerprint density at radius 3 is 2.23 bits per heavy atom. The van der Waals surface area contributed by atoms with Crippen LogP contribution in [0, 0.1) is 5.92 Å². The second kappa shape index (κ2) is 8.17. The minimum Gasteiger partial charge on any atom is -0.356 e. The van der Waals surface area contributed by atoms with E-state index in [0.717, 1.165) is 24.5 Å². The van der Waals surface area contributed by atoms with Crippen LogP contribution in [0.3, 0.4) is 0 Å². The smallest absolute Gasteiger partial charge is 0.191 e. The molecule has 1 atom stereocenters. The third-order valence-corrected chi connectivity index (χ3v) is 4.77.